The third kappa shape index (κ3) is 1.36. The number of hydrogen-bond donors (Lipinski definition) is 3. The molecule has 1 heterocycles. The van der Waals surface area contributed by atoms with Gasteiger partial charge in [-0.25, -0.2) is 4.79 Å². The molecule has 0 spiro atoms. The minimum Gasteiger partial charge on any atom is -0.370 e. The van der Waals surface area contributed by atoms with Crippen LogP contribution >= 0.6 is 0 Å². The van der Waals surface area contributed by atoms with Crippen LogP contribution in [-0.2, 0) is 9.59 Å². The molecule has 1 atom stereocenters. The van der Waals surface area contributed by atoms with Crippen molar-refractivity contribution >= 4 is 17.8 Å². The van der Waals surface area contributed by atoms with Crippen molar-refractivity contribution in [3.05, 3.63) is 0 Å². The van der Waals surface area contributed by atoms with E-state index in [9.17, 15) is 14.4 Å². The molecule has 0 radical (unpaired) electrons. The second-order valence-electron chi connectivity index (χ2n) is 2.88. The van der Waals surface area contributed by atoms with E-state index in [-0.39, 0.29) is 6.42 Å². The number of carbonyl (C=O) groups excluding carboxylic acids is 3. The standard InChI is InChI=1S/C6H9N3O3/c1-6(2-3(7)10)4(11)8-5(12)9-6/h2H2,1H3,(H2,7,10)(H2,8,9,11,12). The molecule has 4 N–H and O–H groups in total. The first-order chi connectivity index (χ1) is 5.44. The van der Waals surface area contributed by atoms with Crippen molar-refractivity contribution in [2.45, 2.75) is 18.9 Å². The molecular formula is C6H9N3O3. The summed E-state index contributed by atoms with van der Waals surface area (Å²) in [7, 11) is 0. The summed E-state index contributed by atoms with van der Waals surface area (Å²) in [6.45, 7) is 1.44. The van der Waals surface area contributed by atoms with Crippen LogP contribution in [0.25, 0.3) is 0 Å². The molecule has 1 aliphatic rings. The SMILES string of the molecule is CC1(CC(N)=O)NC(=O)NC1=O. The highest BCUT2D eigenvalue weighted by Crippen LogP contribution is 2.13. The van der Waals surface area contributed by atoms with Crippen molar-refractivity contribution in [2.75, 3.05) is 0 Å². The topological polar surface area (TPSA) is 101 Å². The highest BCUT2D eigenvalue weighted by atomic mass is 16.2. The van der Waals surface area contributed by atoms with Crippen molar-refractivity contribution in [3.8, 4) is 0 Å². The van der Waals surface area contributed by atoms with Crippen molar-refractivity contribution in [1.82, 2.24) is 10.6 Å². The summed E-state index contributed by atoms with van der Waals surface area (Å²) in [5.74, 6) is -1.15. The lowest BCUT2D eigenvalue weighted by atomic mass is 9.98. The number of imide groups is 1. The van der Waals surface area contributed by atoms with E-state index in [1.807, 2.05) is 5.32 Å². The Labute approximate surface area is 68.5 Å². The van der Waals surface area contributed by atoms with Crippen molar-refractivity contribution in [1.29, 1.82) is 0 Å². The first-order valence-electron chi connectivity index (χ1n) is 3.36. The van der Waals surface area contributed by atoms with Gasteiger partial charge in [-0.05, 0) is 6.92 Å². The molecule has 1 fully saturated rings. The predicted octanol–water partition coefficient (Wildman–Crippen LogP) is -1.54. The van der Waals surface area contributed by atoms with Crippen molar-refractivity contribution in [3.63, 3.8) is 0 Å². The van der Waals surface area contributed by atoms with Crippen molar-refractivity contribution < 1.29 is 14.4 Å². The maximum Gasteiger partial charge on any atom is 0.322 e. The molecule has 0 aromatic heterocycles. The molecule has 4 amide bonds. The lowest BCUT2D eigenvalue weighted by Crippen LogP contribution is -2.46. The van der Waals surface area contributed by atoms with E-state index in [2.05, 4.69) is 5.32 Å². The van der Waals surface area contributed by atoms with Gasteiger partial charge in [0.2, 0.25) is 5.91 Å². The Hall–Kier alpha value is -1.59. The summed E-state index contributed by atoms with van der Waals surface area (Å²) in [5.41, 5.74) is 3.72. The molecule has 0 aromatic rings. The van der Waals surface area contributed by atoms with Crippen LogP contribution in [0.1, 0.15) is 13.3 Å². The van der Waals surface area contributed by atoms with Gasteiger partial charge in [-0.3, -0.25) is 14.9 Å². The highest BCUT2D eigenvalue weighted by Gasteiger charge is 2.42. The Bertz CT molecular complexity index is 263. The Morgan fingerprint density at radius 3 is 2.50 bits per heavy atom. The van der Waals surface area contributed by atoms with Crippen LogP contribution in [0.15, 0.2) is 0 Å². The normalized spacial score (nSPS) is 28.1. The molecule has 0 bridgehead atoms. The van der Waals surface area contributed by atoms with E-state index < -0.39 is 23.4 Å². The smallest absolute Gasteiger partial charge is 0.322 e. The average Bonchev–Trinajstić information content (AvgIpc) is 2.04. The number of amides is 4. The first kappa shape index (κ1) is 8.51. The number of primary amides is 1. The summed E-state index contributed by atoms with van der Waals surface area (Å²) in [5, 5.41) is 4.33. The second-order valence-corrected chi connectivity index (χ2v) is 2.88. The van der Waals surface area contributed by atoms with Crippen LogP contribution in [0.3, 0.4) is 0 Å². The number of nitrogens with one attached hydrogen (secondary N) is 2. The fourth-order valence-electron chi connectivity index (χ4n) is 1.05. The van der Waals surface area contributed by atoms with Gasteiger partial charge in [-0.1, -0.05) is 0 Å². The molecule has 0 saturated carbocycles. The second kappa shape index (κ2) is 2.47. The molecule has 1 unspecified atom stereocenters. The Balaban J connectivity index is 2.77. The highest BCUT2D eigenvalue weighted by molar-refractivity contribution is 6.08. The molecular weight excluding hydrogens is 162 g/mol. The lowest BCUT2D eigenvalue weighted by Gasteiger charge is -2.17. The van der Waals surface area contributed by atoms with Crippen molar-refractivity contribution in [2.24, 2.45) is 5.73 Å². The lowest BCUT2D eigenvalue weighted by molar-refractivity contribution is -0.128. The third-order valence-corrected chi connectivity index (χ3v) is 1.65. The number of carbonyl (C=O) groups is 3. The summed E-state index contributed by atoms with van der Waals surface area (Å²) < 4.78 is 0. The average molecular weight is 171 g/mol. The fraction of sp³-hybridized carbons (Fsp3) is 0.500. The minimum absolute atomic E-state index is 0.190. The van der Waals surface area contributed by atoms with E-state index in [0.29, 0.717) is 0 Å². The van der Waals surface area contributed by atoms with Crippen LogP contribution in [0, 0.1) is 0 Å². The minimum atomic E-state index is -1.18. The van der Waals surface area contributed by atoms with Crippen LogP contribution in [0.4, 0.5) is 4.79 Å². The third-order valence-electron chi connectivity index (χ3n) is 1.65. The number of urea groups is 1. The maximum absolute atomic E-state index is 11.0. The molecule has 1 aliphatic heterocycles. The summed E-state index contributed by atoms with van der Waals surface area (Å²) in [6.07, 6.45) is -0.190. The van der Waals surface area contributed by atoms with E-state index in [1.165, 1.54) is 6.92 Å². The zero-order valence-corrected chi connectivity index (χ0v) is 6.51. The molecule has 66 valence electrons. The van der Waals surface area contributed by atoms with Gasteiger partial charge < -0.3 is 11.1 Å². The van der Waals surface area contributed by atoms with Gasteiger partial charge >= 0.3 is 6.03 Å². The van der Waals surface area contributed by atoms with E-state index >= 15 is 0 Å². The molecule has 0 aliphatic carbocycles. The monoisotopic (exact) mass is 171 g/mol. The van der Waals surface area contributed by atoms with E-state index in [4.69, 9.17) is 5.73 Å². The molecule has 12 heavy (non-hydrogen) atoms. The van der Waals surface area contributed by atoms with E-state index in [0.717, 1.165) is 0 Å². The zero-order chi connectivity index (χ0) is 9.35. The number of rotatable bonds is 2. The van der Waals surface area contributed by atoms with Crippen LogP contribution in [-0.4, -0.2) is 23.4 Å². The van der Waals surface area contributed by atoms with Gasteiger partial charge in [-0.2, -0.15) is 0 Å². The molecule has 6 heteroatoms. The molecule has 0 aromatic carbocycles. The Morgan fingerprint density at radius 2 is 2.17 bits per heavy atom. The summed E-state index contributed by atoms with van der Waals surface area (Å²) in [4.78, 5) is 32.2. The van der Waals surface area contributed by atoms with Gasteiger partial charge in [0.15, 0.2) is 0 Å². The molecule has 1 saturated heterocycles. The van der Waals surface area contributed by atoms with Gasteiger partial charge in [0.25, 0.3) is 5.91 Å². The predicted molar refractivity (Wildman–Crippen MR) is 38.9 cm³/mol. The number of nitrogens with two attached hydrogens (primary N) is 1. The van der Waals surface area contributed by atoms with Gasteiger partial charge in [0, 0.05) is 0 Å². The van der Waals surface area contributed by atoms with Crippen LogP contribution < -0.4 is 16.4 Å². The van der Waals surface area contributed by atoms with Gasteiger partial charge in [0.05, 0.1) is 6.42 Å². The van der Waals surface area contributed by atoms with Gasteiger partial charge in [-0.15, -0.1) is 0 Å². The maximum atomic E-state index is 11.0. The Morgan fingerprint density at radius 1 is 1.58 bits per heavy atom. The number of hydrogen-bond acceptors (Lipinski definition) is 3. The quantitative estimate of drug-likeness (QED) is 0.439. The zero-order valence-electron chi connectivity index (χ0n) is 6.51. The fourth-order valence-corrected chi connectivity index (χ4v) is 1.05. The van der Waals surface area contributed by atoms with Crippen LogP contribution in [0.2, 0.25) is 0 Å². The summed E-state index contributed by atoms with van der Waals surface area (Å²) >= 11 is 0. The van der Waals surface area contributed by atoms with Crippen LogP contribution in [0.5, 0.6) is 0 Å². The first-order valence-corrected chi connectivity index (χ1v) is 3.36. The van der Waals surface area contributed by atoms with E-state index in [1.54, 1.807) is 0 Å². The van der Waals surface area contributed by atoms with Gasteiger partial charge in [0.1, 0.15) is 5.54 Å². The molecule has 6 nitrogen and oxygen atoms in total. The molecule has 1 rings (SSSR count). The summed E-state index contributed by atoms with van der Waals surface area (Å²) in [6, 6.07) is -0.594. The Kier molecular flexibility index (Phi) is 1.75. The largest absolute Gasteiger partial charge is 0.370 e.